The van der Waals surface area contributed by atoms with Crippen molar-refractivity contribution in [3.8, 4) is 17.4 Å². The molecule has 0 fully saturated rings. The van der Waals surface area contributed by atoms with Crippen LogP contribution in [0.1, 0.15) is 11.1 Å². The van der Waals surface area contributed by atoms with Gasteiger partial charge in [-0.15, -0.1) is 0 Å². The molecule has 0 spiro atoms. The smallest absolute Gasteiger partial charge is 0.299 e. The normalized spacial score (nSPS) is 12.7. The second-order valence-corrected chi connectivity index (χ2v) is 5.46. The molecule has 0 aliphatic carbocycles. The first-order chi connectivity index (χ1) is 12.3. The molecule has 4 rings (SSSR count). The summed E-state index contributed by atoms with van der Waals surface area (Å²) in [5.41, 5.74) is 4.29. The van der Waals surface area contributed by atoms with E-state index in [0.29, 0.717) is 23.9 Å². The zero-order chi connectivity index (χ0) is 17.1. The fourth-order valence-electron chi connectivity index (χ4n) is 2.52. The number of rotatable bonds is 4. The van der Waals surface area contributed by atoms with Gasteiger partial charge >= 0.3 is 0 Å². The highest BCUT2D eigenvalue weighted by Crippen LogP contribution is 2.25. The first-order valence-corrected chi connectivity index (χ1v) is 7.70. The van der Waals surface area contributed by atoms with Crippen LogP contribution in [0.5, 0.6) is 0 Å². The van der Waals surface area contributed by atoms with E-state index in [1.807, 2.05) is 36.4 Å². The highest BCUT2D eigenvalue weighted by Gasteiger charge is 2.09. The van der Waals surface area contributed by atoms with Crippen LogP contribution in [0, 0.1) is 11.3 Å². The van der Waals surface area contributed by atoms with Crippen LogP contribution in [0.15, 0.2) is 69.1 Å². The summed E-state index contributed by atoms with van der Waals surface area (Å²) in [6.07, 6.45) is 3.23. The molecule has 2 heterocycles. The van der Waals surface area contributed by atoms with Crippen molar-refractivity contribution < 1.29 is 4.42 Å². The molecule has 2 aromatic carbocycles. The molecule has 1 aliphatic rings. The monoisotopic (exact) mass is 327 g/mol. The van der Waals surface area contributed by atoms with Crippen molar-refractivity contribution in [1.82, 2.24) is 4.98 Å². The van der Waals surface area contributed by atoms with Gasteiger partial charge in [-0.25, -0.2) is 9.98 Å². The minimum absolute atomic E-state index is 0.404. The summed E-state index contributed by atoms with van der Waals surface area (Å²) in [6.45, 7) is 0.602. The van der Waals surface area contributed by atoms with E-state index in [0.717, 1.165) is 22.5 Å². The van der Waals surface area contributed by atoms with Crippen LogP contribution < -0.4 is 5.32 Å². The van der Waals surface area contributed by atoms with E-state index in [2.05, 4.69) is 26.4 Å². The maximum Gasteiger partial charge on any atom is 0.299 e. The SMILES string of the molecule is N#Cc1ccc(-c2cnc(Nc3cccc(C4=NC=NC4)c3)o2)cc1. The van der Waals surface area contributed by atoms with Gasteiger partial charge in [-0.05, 0) is 42.0 Å². The third kappa shape index (κ3) is 3.16. The number of aromatic nitrogens is 1. The third-order valence-electron chi connectivity index (χ3n) is 3.79. The Kier molecular flexibility index (Phi) is 3.81. The average Bonchev–Trinajstić information content (AvgIpc) is 3.34. The Morgan fingerprint density at radius 2 is 1.96 bits per heavy atom. The van der Waals surface area contributed by atoms with E-state index in [1.165, 1.54) is 0 Å². The van der Waals surface area contributed by atoms with Crippen molar-refractivity contribution >= 4 is 23.8 Å². The molecule has 0 saturated heterocycles. The molecular weight excluding hydrogens is 314 g/mol. The van der Waals surface area contributed by atoms with E-state index >= 15 is 0 Å². The number of anilines is 2. The number of benzene rings is 2. The summed E-state index contributed by atoms with van der Waals surface area (Å²) in [4.78, 5) is 12.6. The Labute approximate surface area is 144 Å². The zero-order valence-corrected chi connectivity index (χ0v) is 13.2. The molecule has 25 heavy (non-hydrogen) atoms. The lowest BCUT2D eigenvalue weighted by atomic mass is 10.1. The third-order valence-corrected chi connectivity index (χ3v) is 3.79. The highest BCUT2D eigenvalue weighted by atomic mass is 16.4. The van der Waals surface area contributed by atoms with E-state index in [9.17, 15) is 0 Å². The van der Waals surface area contributed by atoms with Gasteiger partial charge in [-0.2, -0.15) is 5.26 Å². The van der Waals surface area contributed by atoms with Crippen LogP contribution in [0.25, 0.3) is 11.3 Å². The van der Waals surface area contributed by atoms with Crippen LogP contribution in [-0.4, -0.2) is 23.6 Å². The topological polar surface area (TPSA) is 86.6 Å². The van der Waals surface area contributed by atoms with Gasteiger partial charge in [0, 0.05) is 11.3 Å². The zero-order valence-electron chi connectivity index (χ0n) is 13.2. The van der Waals surface area contributed by atoms with Gasteiger partial charge in [0.2, 0.25) is 0 Å². The van der Waals surface area contributed by atoms with Gasteiger partial charge in [0.15, 0.2) is 5.76 Å². The van der Waals surface area contributed by atoms with Crippen LogP contribution >= 0.6 is 0 Å². The number of oxazole rings is 1. The number of aliphatic imine (C=N–C) groups is 2. The molecule has 0 unspecified atom stereocenters. The van der Waals surface area contributed by atoms with E-state index < -0.39 is 0 Å². The van der Waals surface area contributed by atoms with Gasteiger partial charge in [0.05, 0.1) is 30.1 Å². The maximum absolute atomic E-state index is 8.86. The number of nitriles is 1. The van der Waals surface area contributed by atoms with E-state index in [4.69, 9.17) is 9.68 Å². The maximum atomic E-state index is 8.86. The molecule has 0 radical (unpaired) electrons. The van der Waals surface area contributed by atoms with Crippen molar-refractivity contribution in [2.24, 2.45) is 9.98 Å². The summed E-state index contributed by atoms with van der Waals surface area (Å²) in [5, 5.41) is 12.0. The molecule has 0 amide bonds. The van der Waals surface area contributed by atoms with Crippen molar-refractivity contribution in [3.05, 3.63) is 65.9 Å². The second kappa shape index (κ2) is 6.42. The molecule has 6 nitrogen and oxygen atoms in total. The van der Waals surface area contributed by atoms with Crippen LogP contribution in [0.2, 0.25) is 0 Å². The predicted octanol–water partition coefficient (Wildman–Crippen LogP) is 3.79. The predicted molar refractivity (Wildman–Crippen MR) is 96.3 cm³/mol. The average molecular weight is 327 g/mol. The molecule has 120 valence electrons. The first kappa shape index (κ1) is 14.8. The lowest BCUT2D eigenvalue weighted by Gasteiger charge is -2.05. The Hall–Kier alpha value is -3.72. The standard InChI is InChI=1S/C19H13N5O/c20-9-13-4-6-14(7-5-13)18-11-22-19(25-18)24-16-3-1-2-15(8-16)17-10-21-12-23-17/h1-8,11-12H,10H2,(H,22,24). The minimum Gasteiger partial charge on any atom is -0.423 e. The highest BCUT2D eigenvalue weighted by molar-refractivity contribution is 6.08. The Bertz CT molecular complexity index is 1010. The van der Waals surface area contributed by atoms with Crippen LogP contribution in [0.3, 0.4) is 0 Å². The molecule has 0 atom stereocenters. The van der Waals surface area contributed by atoms with Crippen molar-refractivity contribution in [1.29, 1.82) is 5.26 Å². The summed E-state index contributed by atoms with van der Waals surface area (Å²) in [7, 11) is 0. The molecule has 3 aromatic rings. The minimum atomic E-state index is 0.404. The molecule has 1 aliphatic heterocycles. The van der Waals surface area contributed by atoms with Crippen molar-refractivity contribution in [2.45, 2.75) is 0 Å². The first-order valence-electron chi connectivity index (χ1n) is 7.70. The summed E-state index contributed by atoms with van der Waals surface area (Å²) >= 11 is 0. The number of hydrogen-bond donors (Lipinski definition) is 1. The van der Waals surface area contributed by atoms with E-state index in [1.54, 1.807) is 24.7 Å². The second-order valence-electron chi connectivity index (χ2n) is 5.46. The van der Waals surface area contributed by atoms with Crippen LogP contribution in [0.4, 0.5) is 11.7 Å². The van der Waals surface area contributed by atoms with Gasteiger partial charge in [-0.3, -0.25) is 4.99 Å². The lowest BCUT2D eigenvalue weighted by molar-refractivity contribution is 0.592. The summed E-state index contributed by atoms with van der Waals surface area (Å²) < 4.78 is 5.75. The van der Waals surface area contributed by atoms with Gasteiger partial charge < -0.3 is 9.73 Å². The lowest BCUT2D eigenvalue weighted by Crippen LogP contribution is -2.02. The van der Waals surface area contributed by atoms with Crippen molar-refractivity contribution in [2.75, 3.05) is 11.9 Å². The number of nitrogens with one attached hydrogen (secondary N) is 1. The molecule has 6 heteroatoms. The van der Waals surface area contributed by atoms with E-state index in [-0.39, 0.29) is 0 Å². The quantitative estimate of drug-likeness (QED) is 0.790. The number of hydrogen-bond acceptors (Lipinski definition) is 6. The fraction of sp³-hybridized carbons (Fsp3) is 0.0526. The van der Waals surface area contributed by atoms with Gasteiger partial charge in [-0.1, -0.05) is 12.1 Å². The molecular formula is C19H13N5O. The Balaban J connectivity index is 1.53. The number of nitrogens with zero attached hydrogens (tertiary/aromatic N) is 4. The largest absolute Gasteiger partial charge is 0.423 e. The molecule has 1 N–H and O–H groups in total. The Morgan fingerprint density at radius 1 is 1.08 bits per heavy atom. The summed E-state index contributed by atoms with van der Waals surface area (Å²) in [5.74, 6) is 0.636. The molecule has 1 aromatic heterocycles. The fourth-order valence-corrected chi connectivity index (χ4v) is 2.52. The van der Waals surface area contributed by atoms with Crippen LogP contribution in [-0.2, 0) is 0 Å². The van der Waals surface area contributed by atoms with Gasteiger partial charge in [0.25, 0.3) is 6.01 Å². The molecule has 0 bridgehead atoms. The summed E-state index contributed by atoms with van der Waals surface area (Å²) in [6, 6.07) is 17.5. The Morgan fingerprint density at radius 3 is 2.72 bits per heavy atom. The van der Waals surface area contributed by atoms with Crippen molar-refractivity contribution in [3.63, 3.8) is 0 Å². The van der Waals surface area contributed by atoms with Gasteiger partial charge in [0.1, 0.15) is 6.34 Å². The molecule has 0 saturated carbocycles.